The highest BCUT2D eigenvalue weighted by atomic mass is 16.5. The van der Waals surface area contributed by atoms with E-state index in [2.05, 4.69) is 17.9 Å². The average Bonchev–Trinajstić information content (AvgIpc) is 2.45. The Morgan fingerprint density at radius 2 is 2.00 bits per heavy atom. The maximum atomic E-state index is 12.1. The molecule has 2 atom stereocenters. The normalized spacial score (nSPS) is 19.4. The van der Waals surface area contributed by atoms with Crippen molar-refractivity contribution in [3.05, 3.63) is 0 Å². The molecule has 1 fully saturated rings. The van der Waals surface area contributed by atoms with Crippen molar-refractivity contribution in [2.45, 2.75) is 39.2 Å². The number of carbonyl (C=O) groups excluding carboxylic acids is 1. The molecule has 0 bridgehead atoms. The van der Waals surface area contributed by atoms with Gasteiger partial charge in [0.1, 0.15) is 0 Å². The minimum absolute atomic E-state index is 0.00432. The van der Waals surface area contributed by atoms with Crippen molar-refractivity contribution >= 4 is 5.91 Å². The molecule has 1 amide bonds. The number of nitriles is 1. The number of amides is 1. The lowest BCUT2D eigenvalue weighted by Crippen LogP contribution is -2.51. The molecule has 0 N–H and O–H groups in total. The van der Waals surface area contributed by atoms with E-state index in [-0.39, 0.29) is 17.9 Å². The molecule has 0 aromatic heterocycles. The third kappa shape index (κ3) is 5.10. The van der Waals surface area contributed by atoms with Crippen molar-refractivity contribution in [1.82, 2.24) is 9.80 Å². The summed E-state index contributed by atoms with van der Waals surface area (Å²) in [5.74, 6) is 0.468. The van der Waals surface area contributed by atoms with Crippen molar-refractivity contribution in [3.63, 3.8) is 0 Å². The van der Waals surface area contributed by atoms with Crippen molar-refractivity contribution in [3.8, 4) is 6.07 Å². The largest absolute Gasteiger partial charge is 0.384 e. The summed E-state index contributed by atoms with van der Waals surface area (Å²) in [4.78, 5) is 16.3. The van der Waals surface area contributed by atoms with Gasteiger partial charge in [-0.05, 0) is 12.3 Å². The Labute approximate surface area is 122 Å². The summed E-state index contributed by atoms with van der Waals surface area (Å²) < 4.78 is 5.07. The van der Waals surface area contributed by atoms with Gasteiger partial charge in [0.2, 0.25) is 5.91 Å². The molecule has 0 aliphatic carbocycles. The van der Waals surface area contributed by atoms with Crippen LogP contribution in [0, 0.1) is 17.2 Å². The van der Waals surface area contributed by atoms with Gasteiger partial charge in [-0.3, -0.25) is 9.69 Å². The smallest absolute Gasteiger partial charge is 0.223 e. The summed E-state index contributed by atoms with van der Waals surface area (Å²) in [5.41, 5.74) is 0. The lowest BCUT2D eigenvalue weighted by molar-refractivity contribution is -0.134. The molecular formula is C15H27N3O2. The van der Waals surface area contributed by atoms with Crippen LogP contribution in [0.3, 0.4) is 0 Å². The van der Waals surface area contributed by atoms with Gasteiger partial charge in [-0.2, -0.15) is 5.26 Å². The van der Waals surface area contributed by atoms with Crippen molar-refractivity contribution in [2.24, 2.45) is 5.92 Å². The van der Waals surface area contributed by atoms with Crippen LogP contribution < -0.4 is 0 Å². The number of hydrogen-bond donors (Lipinski definition) is 0. The second-order valence-corrected chi connectivity index (χ2v) is 5.61. The topological polar surface area (TPSA) is 56.6 Å². The Hall–Kier alpha value is -1.12. The summed E-state index contributed by atoms with van der Waals surface area (Å²) in [6, 6.07) is 2.38. The molecule has 20 heavy (non-hydrogen) atoms. The van der Waals surface area contributed by atoms with Gasteiger partial charge < -0.3 is 9.64 Å². The van der Waals surface area contributed by atoms with Crippen LogP contribution in [0.15, 0.2) is 0 Å². The lowest BCUT2D eigenvalue weighted by Gasteiger charge is -2.37. The van der Waals surface area contributed by atoms with Crippen LogP contribution in [-0.4, -0.2) is 61.6 Å². The second kappa shape index (κ2) is 8.93. The van der Waals surface area contributed by atoms with E-state index in [1.165, 1.54) is 0 Å². The zero-order valence-corrected chi connectivity index (χ0v) is 13.0. The van der Waals surface area contributed by atoms with E-state index in [9.17, 15) is 10.1 Å². The first-order valence-corrected chi connectivity index (χ1v) is 7.52. The van der Waals surface area contributed by atoms with Gasteiger partial charge >= 0.3 is 0 Å². The molecule has 1 rings (SSSR count). The molecular weight excluding hydrogens is 254 g/mol. The fraction of sp³-hybridized carbons (Fsp3) is 0.867. The summed E-state index contributed by atoms with van der Waals surface area (Å²) >= 11 is 0. The number of rotatable bonds is 7. The molecule has 0 spiro atoms. The third-order valence-corrected chi connectivity index (χ3v) is 3.79. The molecule has 1 aliphatic heterocycles. The third-order valence-electron chi connectivity index (χ3n) is 3.79. The predicted octanol–water partition coefficient (Wildman–Crippen LogP) is 1.50. The van der Waals surface area contributed by atoms with Crippen LogP contribution in [0.5, 0.6) is 0 Å². The van der Waals surface area contributed by atoms with E-state index in [1.807, 2.05) is 11.8 Å². The number of ether oxygens (including phenoxy) is 1. The fourth-order valence-corrected chi connectivity index (χ4v) is 2.66. The zero-order chi connectivity index (χ0) is 15.0. The zero-order valence-electron chi connectivity index (χ0n) is 13.0. The number of hydrogen-bond acceptors (Lipinski definition) is 4. The molecule has 1 aliphatic rings. The Bertz CT molecular complexity index is 333. The summed E-state index contributed by atoms with van der Waals surface area (Å²) in [6.07, 6.45) is 2.48. The number of carbonyl (C=O) groups is 1. The van der Waals surface area contributed by atoms with Crippen molar-refractivity contribution in [1.29, 1.82) is 5.26 Å². The maximum absolute atomic E-state index is 12.1. The lowest BCUT2D eigenvalue weighted by atomic mass is 10.1. The molecule has 1 heterocycles. The molecule has 0 aromatic carbocycles. The van der Waals surface area contributed by atoms with E-state index >= 15 is 0 Å². The Morgan fingerprint density at radius 3 is 2.50 bits per heavy atom. The van der Waals surface area contributed by atoms with E-state index < -0.39 is 0 Å². The highest BCUT2D eigenvalue weighted by molar-refractivity contribution is 5.76. The van der Waals surface area contributed by atoms with E-state index in [0.29, 0.717) is 13.0 Å². The van der Waals surface area contributed by atoms with Crippen LogP contribution in [0.4, 0.5) is 0 Å². The first-order chi connectivity index (χ1) is 9.62. The molecule has 0 radical (unpaired) electrons. The molecule has 5 heteroatoms. The van der Waals surface area contributed by atoms with Crippen LogP contribution in [0.25, 0.3) is 0 Å². The maximum Gasteiger partial charge on any atom is 0.223 e. The number of nitrogens with zero attached hydrogens (tertiary/aromatic N) is 3. The summed E-state index contributed by atoms with van der Waals surface area (Å²) in [7, 11) is 1.66. The minimum atomic E-state index is 0.00432. The first kappa shape index (κ1) is 16.9. The highest BCUT2D eigenvalue weighted by Crippen LogP contribution is 2.13. The van der Waals surface area contributed by atoms with Crippen LogP contribution in [-0.2, 0) is 9.53 Å². The second-order valence-electron chi connectivity index (χ2n) is 5.61. The Kier molecular flexibility index (Phi) is 7.56. The van der Waals surface area contributed by atoms with Crippen molar-refractivity contribution < 1.29 is 9.53 Å². The molecule has 1 saturated heterocycles. The first-order valence-electron chi connectivity index (χ1n) is 7.52. The van der Waals surface area contributed by atoms with E-state index in [1.54, 1.807) is 7.11 Å². The molecule has 2 unspecified atom stereocenters. The van der Waals surface area contributed by atoms with Crippen LogP contribution >= 0.6 is 0 Å². The Morgan fingerprint density at radius 1 is 1.35 bits per heavy atom. The molecule has 114 valence electrons. The monoisotopic (exact) mass is 281 g/mol. The quantitative estimate of drug-likeness (QED) is 0.709. The molecule has 0 saturated carbocycles. The SMILES string of the molecule is CCCC(C#N)N1CCN(C(=O)CC(C)COC)CC1. The van der Waals surface area contributed by atoms with Gasteiger partial charge in [0.05, 0.1) is 12.1 Å². The van der Waals surface area contributed by atoms with Gasteiger partial charge in [0, 0.05) is 46.3 Å². The van der Waals surface area contributed by atoms with Gasteiger partial charge in [-0.25, -0.2) is 0 Å². The predicted molar refractivity (Wildman–Crippen MR) is 78.1 cm³/mol. The van der Waals surface area contributed by atoms with Gasteiger partial charge in [0.15, 0.2) is 0 Å². The Balaban J connectivity index is 2.38. The van der Waals surface area contributed by atoms with Crippen LogP contribution in [0.2, 0.25) is 0 Å². The van der Waals surface area contributed by atoms with Gasteiger partial charge in [-0.1, -0.05) is 20.3 Å². The average molecular weight is 281 g/mol. The molecule has 5 nitrogen and oxygen atoms in total. The van der Waals surface area contributed by atoms with Gasteiger partial charge in [0.25, 0.3) is 0 Å². The van der Waals surface area contributed by atoms with E-state index in [0.717, 1.165) is 39.0 Å². The van der Waals surface area contributed by atoms with E-state index in [4.69, 9.17) is 4.74 Å². The van der Waals surface area contributed by atoms with Crippen molar-refractivity contribution in [2.75, 3.05) is 39.9 Å². The highest BCUT2D eigenvalue weighted by Gasteiger charge is 2.26. The fourth-order valence-electron chi connectivity index (χ4n) is 2.66. The number of methoxy groups -OCH3 is 1. The standard InChI is InChI=1S/C15H27N3O2/c1-4-5-14(11-16)17-6-8-18(9-7-17)15(19)10-13(2)12-20-3/h13-14H,4-10,12H2,1-3H3. The number of piperazine rings is 1. The summed E-state index contributed by atoms with van der Waals surface area (Å²) in [6.45, 7) is 7.84. The van der Waals surface area contributed by atoms with Gasteiger partial charge in [-0.15, -0.1) is 0 Å². The van der Waals surface area contributed by atoms with Crippen LogP contribution in [0.1, 0.15) is 33.1 Å². The summed E-state index contributed by atoms with van der Waals surface area (Å²) in [5, 5.41) is 9.18. The minimum Gasteiger partial charge on any atom is -0.384 e. The molecule has 0 aromatic rings.